The third kappa shape index (κ3) is 4.41. The monoisotopic (exact) mass is 338 g/mol. The second-order valence-corrected chi connectivity index (χ2v) is 5.49. The van der Waals surface area contributed by atoms with Crippen molar-refractivity contribution < 1.29 is 13.6 Å². The lowest BCUT2D eigenvalue weighted by atomic mass is 10.2. The molecule has 0 saturated carbocycles. The van der Waals surface area contributed by atoms with Crippen LogP contribution >= 0.6 is 0 Å². The predicted molar refractivity (Wildman–Crippen MR) is 94.5 cm³/mol. The quantitative estimate of drug-likeness (QED) is 0.700. The van der Waals surface area contributed by atoms with E-state index in [2.05, 4.69) is 10.6 Å². The number of benzene rings is 3. The van der Waals surface area contributed by atoms with Crippen LogP contribution in [0.5, 0.6) is 0 Å². The maximum atomic E-state index is 13.6. The summed E-state index contributed by atoms with van der Waals surface area (Å²) in [6, 6.07) is 19.1. The second kappa shape index (κ2) is 7.57. The van der Waals surface area contributed by atoms with Crippen molar-refractivity contribution in [3.8, 4) is 0 Å². The van der Waals surface area contributed by atoms with Gasteiger partial charge in [0.1, 0.15) is 11.6 Å². The van der Waals surface area contributed by atoms with Crippen molar-refractivity contribution in [2.45, 2.75) is 6.54 Å². The number of nitrogens with one attached hydrogen (secondary N) is 2. The Bertz CT molecular complexity index is 879. The van der Waals surface area contributed by atoms with Gasteiger partial charge in [-0.15, -0.1) is 0 Å². The number of halogens is 2. The molecule has 3 nitrogen and oxygen atoms in total. The standard InChI is InChI=1S/C20H16F2N2O/c21-16-6-3-5-14(12-16)20(25)24-18-10-8-17(9-11-18)23-13-15-4-1-2-7-19(15)22/h1-12,23H,13H2,(H,24,25). The molecule has 1 amide bonds. The maximum Gasteiger partial charge on any atom is 0.255 e. The molecule has 0 aliphatic rings. The van der Waals surface area contributed by atoms with Crippen LogP contribution < -0.4 is 10.6 Å². The van der Waals surface area contributed by atoms with Gasteiger partial charge < -0.3 is 10.6 Å². The van der Waals surface area contributed by atoms with Gasteiger partial charge in [-0.05, 0) is 48.5 Å². The molecule has 0 aliphatic heterocycles. The lowest BCUT2D eigenvalue weighted by Crippen LogP contribution is -2.12. The first-order chi connectivity index (χ1) is 12.1. The van der Waals surface area contributed by atoms with E-state index in [0.29, 0.717) is 17.8 Å². The molecule has 25 heavy (non-hydrogen) atoms. The van der Waals surface area contributed by atoms with Crippen LogP contribution in [0.1, 0.15) is 15.9 Å². The number of carbonyl (C=O) groups excluding carboxylic acids is 1. The first kappa shape index (κ1) is 16.6. The molecule has 126 valence electrons. The van der Waals surface area contributed by atoms with Crippen molar-refractivity contribution in [2.24, 2.45) is 0 Å². The predicted octanol–water partition coefficient (Wildman–Crippen LogP) is 4.83. The Kier molecular flexibility index (Phi) is 5.04. The van der Waals surface area contributed by atoms with Gasteiger partial charge in [0.05, 0.1) is 0 Å². The van der Waals surface area contributed by atoms with Gasteiger partial charge in [-0.25, -0.2) is 8.78 Å². The summed E-state index contributed by atoms with van der Waals surface area (Å²) in [7, 11) is 0. The molecular weight excluding hydrogens is 322 g/mol. The van der Waals surface area contributed by atoms with E-state index in [1.165, 1.54) is 24.3 Å². The number of amides is 1. The number of rotatable bonds is 5. The minimum absolute atomic E-state index is 0.252. The van der Waals surface area contributed by atoms with Crippen LogP contribution in [0.25, 0.3) is 0 Å². The summed E-state index contributed by atoms with van der Waals surface area (Å²) in [4.78, 5) is 12.1. The molecule has 5 heteroatoms. The van der Waals surface area contributed by atoms with Crippen LogP contribution in [0.15, 0.2) is 72.8 Å². The third-order valence-electron chi connectivity index (χ3n) is 3.67. The van der Waals surface area contributed by atoms with Gasteiger partial charge >= 0.3 is 0 Å². The van der Waals surface area contributed by atoms with Gasteiger partial charge in [-0.1, -0.05) is 24.3 Å². The Morgan fingerprint density at radius 2 is 1.56 bits per heavy atom. The zero-order chi connectivity index (χ0) is 17.6. The van der Waals surface area contributed by atoms with Crippen LogP contribution in [-0.4, -0.2) is 5.91 Å². The van der Waals surface area contributed by atoms with Crippen molar-refractivity contribution in [1.29, 1.82) is 0 Å². The number of hydrogen-bond donors (Lipinski definition) is 2. The summed E-state index contributed by atoms with van der Waals surface area (Å²) < 4.78 is 26.7. The first-order valence-corrected chi connectivity index (χ1v) is 7.76. The molecule has 0 radical (unpaired) electrons. The molecule has 0 spiro atoms. The summed E-state index contributed by atoms with van der Waals surface area (Å²) in [6.07, 6.45) is 0. The Labute approximate surface area is 144 Å². The lowest BCUT2D eigenvalue weighted by Gasteiger charge is -2.09. The maximum absolute atomic E-state index is 13.6. The van der Waals surface area contributed by atoms with E-state index >= 15 is 0 Å². The summed E-state index contributed by atoms with van der Waals surface area (Å²) in [5.74, 6) is -1.10. The van der Waals surface area contributed by atoms with Gasteiger partial charge in [0.25, 0.3) is 5.91 Å². The minimum atomic E-state index is -0.458. The van der Waals surface area contributed by atoms with E-state index in [-0.39, 0.29) is 17.3 Å². The zero-order valence-electron chi connectivity index (χ0n) is 13.3. The summed E-state index contributed by atoms with van der Waals surface area (Å²) >= 11 is 0. The molecule has 0 atom stereocenters. The molecule has 0 saturated heterocycles. The van der Waals surface area contributed by atoms with E-state index in [1.54, 1.807) is 48.5 Å². The van der Waals surface area contributed by atoms with Gasteiger partial charge in [0.15, 0.2) is 0 Å². The summed E-state index contributed by atoms with van der Waals surface area (Å²) in [5, 5.41) is 5.82. The minimum Gasteiger partial charge on any atom is -0.381 e. The lowest BCUT2D eigenvalue weighted by molar-refractivity contribution is 0.102. The van der Waals surface area contributed by atoms with Crippen molar-refractivity contribution in [3.63, 3.8) is 0 Å². The molecule has 0 unspecified atom stereocenters. The SMILES string of the molecule is O=C(Nc1ccc(NCc2ccccc2F)cc1)c1cccc(F)c1. The number of anilines is 2. The third-order valence-corrected chi connectivity index (χ3v) is 3.67. The van der Waals surface area contributed by atoms with Gasteiger partial charge in [-0.2, -0.15) is 0 Å². The topological polar surface area (TPSA) is 41.1 Å². The van der Waals surface area contributed by atoms with E-state index < -0.39 is 5.82 Å². The van der Waals surface area contributed by atoms with Crippen LogP contribution in [0.3, 0.4) is 0 Å². The van der Waals surface area contributed by atoms with E-state index in [4.69, 9.17) is 0 Å². The molecular formula is C20H16F2N2O. The second-order valence-electron chi connectivity index (χ2n) is 5.49. The number of carbonyl (C=O) groups is 1. The Morgan fingerprint density at radius 3 is 2.28 bits per heavy atom. The largest absolute Gasteiger partial charge is 0.381 e. The highest BCUT2D eigenvalue weighted by molar-refractivity contribution is 6.04. The van der Waals surface area contributed by atoms with E-state index in [1.807, 2.05) is 0 Å². The van der Waals surface area contributed by atoms with E-state index in [0.717, 1.165) is 5.69 Å². The molecule has 3 aromatic carbocycles. The highest BCUT2D eigenvalue weighted by atomic mass is 19.1. The molecule has 0 heterocycles. The fourth-order valence-electron chi connectivity index (χ4n) is 2.34. The molecule has 0 aromatic heterocycles. The summed E-state index contributed by atoms with van der Waals surface area (Å²) in [6.45, 7) is 0.363. The van der Waals surface area contributed by atoms with Crippen molar-refractivity contribution in [3.05, 3.63) is 95.6 Å². The van der Waals surface area contributed by atoms with Gasteiger partial charge in [0, 0.05) is 29.0 Å². The van der Waals surface area contributed by atoms with E-state index in [9.17, 15) is 13.6 Å². The smallest absolute Gasteiger partial charge is 0.255 e. The Balaban J connectivity index is 1.60. The fourth-order valence-corrected chi connectivity index (χ4v) is 2.34. The molecule has 0 aliphatic carbocycles. The fraction of sp³-hybridized carbons (Fsp3) is 0.0500. The van der Waals surface area contributed by atoms with Crippen LogP contribution in [-0.2, 0) is 6.54 Å². The van der Waals surface area contributed by atoms with Crippen LogP contribution in [0.2, 0.25) is 0 Å². The van der Waals surface area contributed by atoms with Crippen LogP contribution in [0.4, 0.5) is 20.2 Å². The molecule has 2 N–H and O–H groups in total. The normalized spacial score (nSPS) is 10.3. The molecule has 3 aromatic rings. The van der Waals surface area contributed by atoms with Crippen molar-refractivity contribution in [2.75, 3.05) is 10.6 Å². The molecule has 0 fully saturated rings. The Morgan fingerprint density at radius 1 is 0.840 bits per heavy atom. The molecule has 3 rings (SSSR count). The van der Waals surface area contributed by atoms with Crippen molar-refractivity contribution in [1.82, 2.24) is 0 Å². The van der Waals surface area contributed by atoms with Gasteiger partial charge in [0.2, 0.25) is 0 Å². The highest BCUT2D eigenvalue weighted by Gasteiger charge is 2.07. The summed E-state index contributed by atoms with van der Waals surface area (Å²) in [5.41, 5.74) is 2.21. The van der Waals surface area contributed by atoms with Crippen LogP contribution in [0, 0.1) is 11.6 Å². The average molecular weight is 338 g/mol. The average Bonchev–Trinajstić information content (AvgIpc) is 2.62. The first-order valence-electron chi connectivity index (χ1n) is 7.76. The highest BCUT2D eigenvalue weighted by Crippen LogP contribution is 2.16. The van der Waals surface area contributed by atoms with Gasteiger partial charge in [-0.3, -0.25) is 4.79 Å². The van der Waals surface area contributed by atoms with Crippen molar-refractivity contribution >= 4 is 17.3 Å². The molecule has 0 bridgehead atoms. The number of hydrogen-bond acceptors (Lipinski definition) is 2. The Hall–Kier alpha value is -3.21. The zero-order valence-corrected chi connectivity index (χ0v) is 13.3.